The molecule has 0 aliphatic carbocycles. The molecule has 2 aliphatic heterocycles. The first-order valence-electron chi connectivity index (χ1n) is 7.64. The average Bonchev–Trinajstić information content (AvgIpc) is 3.14. The van der Waals surface area contributed by atoms with Crippen molar-refractivity contribution in [2.75, 3.05) is 18.8 Å². The molecular weight excluding hydrogens is 264 g/mol. The van der Waals surface area contributed by atoms with E-state index in [4.69, 9.17) is 5.73 Å². The number of hydrogen-bond donors (Lipinski definition) is 3. The van der Waals surface area contributed by atoms with Gasteiger partial charge in [-0.15, -0.1) is 0 Å². The summed E-state index contributed by atoms with van der Waals surface area (Å²) in [6, 6.07) is 8.34. The molecule has 2 unspecified atom stereocenters. The van der Waals surface area contributed by atoms with E-state index in [2.05, 4.69) is 15.2 Å². The van der Waals surface area contributed by atoms with Crippen LogP contribution in [0.2, 0.25) is 0 Å². The van der Waals surface area contributed by atoms with Crippen molar-refractivity contribution in [2.24, 2.45) is 0 Å². The van der Waals surface area contributed by atoms with E-state index in [-0.39, 0.29) is 11.9 Å². The smallest absolute Gasteiger partial charge is 0.268 e. The van der Waals surface area contributed by atoms with Crippen LogP contribution in [0.5, 0.6) is 0 Å². The highest BCUT2D eigenvalue weighted by Crippen LogP contribution is 2.28. The molecule has 110 valence electrons. The van der Waals surface area contributed by atoms with Gasteiger partial charge in [0.15, 0.2) is 0 Å². The highest BCUT2D eigenvalue weighted by atomic mass is 16.2. The standard InChI is InChI=1S/C16H20N4O/c17-11-3-4-12-10(8-11)9-14(18-12)16(21)19-13-5-7-20-6-1-2-15(13)20/h3-4,8-9,13,15,18H,1-2,5-7,17H2,(H,19,21). The minimum absolute atomic E-state index is 0.0106. The molecule has 0 saturated carbocycles. The van der Waals surface area contributed by atoms with Gasteiger partial charge >= 0.3 is 0 Å². The van der Waals surface area contributed by atoms with E-state index in [1.165, 1.54) is 19.4 Å². The van der Waals surface area contributed by atoms with Crippen molar-refractivity contribution in [3.8, 4) is 0 Å². The second kappa shape index (κ2) is 4.77. The summed E-state index contributed by atoms with van der Waals surface area (Å²) in [4.78, 5) is 18.1. The van der Waals surface area contributed by atoms with E-state index in [1.54, 1.807) is 0 Å². The van der Waals surface area contributed by atoms with Crippen LogP contribution in [0, 0.1) is 0 Å². The van der Waals surface area contributed by atoms with E-state index in [0.29, 0.717) is 17.4 Å². The minimum Gasteiger partial charge on any atom is -0.399 e. The highest BCUT2D eigenvalue weighted by molar-refractivity contribution is 5.98. The largest absolute Gasteiger partial charge is 0.399 e. The summed E-state index contributed by atoms with van der Waals surface area (Å²) in [6.45, 7) is 2.29. The molecule has 0 radical (unpaired) electrons. The number of carbonyl (C=O) groups is 1. The first-order chi connectivity index (χ1) is 10.2. The van der Waals surface area contributed by atoms with Gasteiger partial charge in [0.2, 0.25) is 0 Å². The summed E-state index contributed by atoms with van der Waals surface area (Å²) in [5, 5.41) is 4.18. The van der Waals surface area contributed by atoms with Crippen LogP contribution < -0.4 is 11.1 Å². The molecule has 0 spiro atoms. The number of rotatable bonds is 2. The van der Waals surface area contributed by atoms with Crippen molar-refractivity contribution >= 4 is 22.5 Å². The van der Waals surface area contributed by atoms with Gasteiger partial charge in [0, 0.05) is 35.2 Å². The molecule has 2 atom stereocenters. The van der Waals surface area contributed by atoms with E-state index >= 15 is 0 Å². The lowest BCUT2D eigenvalue weighted by Gasteiger charge is -2.20. The molecular formula is C16H20N4O. The summed E-state index contributed by atoms with van der Waals surface area (Å²) >= 11 is 0. The third-order valence-electron chi connectivity index (χ3n) is 4.81. The monoisotopic (exact) mass is 284 g/mol. The van der Waals surface area contributed by atoms with Crippen molar-refractivity contribution in [1.29, 1.82) is 0 Å². The van der Waals surface area contributed by atoms with Crippen molar-refractivity contribution in [1.82, 2.24) is 15.2 Å². The second-order valence-electron chi connectivity index (χ2n) is 6.14. The zero-order valence-electron chi connectivity index (χ0n) is 11.9. The number of aromatic amines is 1. The molecule has 21 heavy (non-hydrogen) atoms. The Morgan fingerprint density at radius 3 is 3.10 bits per heavy atom. The maximum atomic E-state index is 12.5. The number of H-pyrrole nitrogens is 1. The Hall–Kier alpha value is -2.01. The zero-order chi connectivity index (χ0) is 14.4. The van der Waals surface area contributed by atoms with Gasteiger partial charge in [-0.1, -0.05) is 0 Å². The predicted octanol–water partition coefficient (Wildman–Crippen LogP) is 1.72. The Labute approximate surface area is 123 Å². The number of fused-ring (bicyclic) bond motifs is 2. The molecule has 4 rings (SSSR count). The van der Waals surface area contributed by atoms with Crippen LogP contribution in [0.4, 0.5) is 5.69 Å². The summed E-state index contributed by atoms with van der Waals surface area (Å²) < 4.78 is 0. The summed E-state index contributed by atoms with van der Waals surface area (Å²) in [5.74, 6) is -0.0106. The number of anilines is 1. The Morgan fingerprint density at radius 2 is 2.19 bits per heavy atom. The highest BCUT2D eigenvalue weighted by Gasteiger charge is 2.37. The molecule has 2 aliphatic rings. The quantitative estimate of drug-likeness (QED) is 0.735. The third kappa shape index (κ3) is 2.17. The average molecular weight is 284 g/mol. The number of benzene rings is 1. The number of nitrogens with two attached hydrogens (primary N) is 1. The predicted molar refractivity (Wildman–Crippen MR) is 83.2 cm³/mol. The van der Waals surface area contributed by atoms with Crippen LogP contribution in [0.3, 0.4) is 0 Å². The summed E-state index contributed by atoms with van der Waals surface area (Å²) in [6.07, 6.45) is 3.51. The van der Waals surface area contributed by atoms with Gasteiger partial charge in [-0.3, -0.25) is 9.69 Å². The fourth-order valence-corrected chi connectivity index (χ4v) is 3.77. The van der Waals surface area contributed by atoms with Gasteiger partial charge in [0.25, 0.3) is 5.91 Å². The first kappa shape index (κ1) is 12.7. The van der Waals surface area contributed by atoms with E-state index in [0.717, 1.165) is 23.9 Å². The van der Waals surface area contributed by atoms with E-state index in [1.807, 2.05) is 24.3 Å². The molecule has 1 aromatic heterocycles. The molecule has 4 N–H and O–H groups in total. The number of carbonyl (C=O) groups excluding carboxylic acids is 1. The van der Waals surface area contributed by atoms with Gasteiger partial charge in [0.05, 0.1) is 0 Å². The van der Waals surface area contributed by atoms with Crippen LogP contribution in [0.25, 0.3) is 10.9 Å². The van der Waals surface area contributed by atoms with E-state index in [9.17, 15) is 4.79 Å². The molecule has 3 heterocycles. The number of amides is 1. The lowest BCUT2D eigenvalue weighted by atomic mass is 10.1. The molecule has 2 aromatic rings. The van der Waals surface area contributed by atoms with Crippen LogP contribution >= 0.6 is 0 Å². The Bertz CT molecular complexity index is 693. The number of nitrogen functional groups attached to an aromatic ring is 1. The lowest BCUT2D eigenvalue weighted by Crippen LogP contribution is -2.42. The van der Waals surface area contributed by atoms with Gasteiger partial charge in [-0.2, -0.15) is 0 Å². The Balaban J connectivity index is 1.53. The molecule has 1 amide bonds. The second-order valence-corrected chi connectivity index (χ2v) is 6.14. The molecule has 2 fully saturated rings. The van der Waals surface area contributed by atoms with Gasteiger partial charge in [0.1, 0.15) is 5.69 Å². The van der Waals surface area contributed by atoms with Crippen LogP contribution in [0.15, 0.2) is 24.3 Å². The number of nitrogens with zero attached hydrogens (tertiary/aromatic N) is 1. The fourth-order valence-electron chi connectivity index (χ4n) is 3.77. The van der Waals surface area contributed by atoms with Crippen molar-refractivity contribution < 1.29 is 4.79 Å². The first-order valence-corrected chi connectivity index (χ1v) is 7.64. The van der Waals surface area contributed by atoms with Gasteiger partial charge in [-0.05, 0) is 50.1 Å². The van der Waals surface area contributed by atoms with E-state index < -0.39 is 0 Å². The number of hydrogen-bond acceptors (Lipinski definition) is 3. The molecule has 5 nitrogen and oxygen atoms in total. The molecule has 0 bridgehead atoms. The maximum Gasteiger partial charge on any atom is 0.268 e. The Morgan fingerprint density at radius 1 is 1.29 bits per heavy atom. The fraction of sp³-hybridized carbons (Fsp3) is 0.438. The Kier molecular flexibility index (Phi) is 2.89. The van der Waals surface area contributed by atoms with Crippen LogP contribution in [-0.2, 0) is 0 Å². The normalized spacial score (nSPS) is 25.3. The topological polar surface area (TPSA) is 74.1 Å². The third-order valence-corrected chi connectivity index (χ3v) is 4.81. The van der Waals surface area contributed by atoms with Crippen LogP contribution in [0.1, 0.15) is 29.8 Å². The molecule has 1 aromatic carbocycles. The zero-order valence-corrected chi connectivity index (χ0v) is 11.9. The molecule has 2 saturated heterocycles. The van der Waals surface area contributed by atoms with Crippen molar-refractivity contribution in [3.05, 3.63) is 30.0 Å². The number of nitrogens with one attached hydrogen (secondary N) is 2. The van der Waals surface area contributed by atoms with Crippen LogP contribution in [-0.4, -0.2) is 41.0 Å². The summed E-state index contributed by atoms with van der Waals surface area (Å²) in [5.41, 5.74) is 8.06. The maximum absolute atomic E-state index is 12.5. The SMILES string of the molecule is Nc1ccc2[nH]c(C(=O)NC3CCN4CCCC34)cc2c1. The number of aromatic nitrogens is 1. The van der Waals surface area contributed by atoms with Crippen molar-refractivity contribution in [2.45, 2.75) is 31.3 Å². The lowest BCUT2D eigenvalue weighted by molar-refractivity contribution is 0.0925. The summed E-state index contributed by atoms with van der Waals surface area (Å²) in [7, 11) is 0. The van der Waals surface area contributed by atoms with Crippen molar-refractivity contribution in [3.63, 3.8) is 0 Å². The minimum atomic E-state index is -0.0106. The molecule has 5 heteroatoms. The van der Waals surface area contributed by atoms with Gasteiger partial charge < -0.3 is 16.0 Å². The van der Waals surface area contributed by atoms with Gasteiger partial charge in [-0.25, -0.2) is 0 Å².